The van der Waals surface area contributed by atoms with Crippen LogP contribution in [0.25, 0.3) is 0 Å². The van der Waals surface area contributed by atoms with Crippen LogP contribution in [0.15, 0.2) is 41.6 Å². The molecule has 19 heavy (non-hydrogen) atoms. The van der Waals surface area contributed by atoms with Crippen LogP contribution in [0.5, 0.6) is 0 Å². The third-order valence-corrected chi connectivity index (χ3v) is 3.79. The van der Waals surface area contributed by atoms with Crippen molar-refractivity contribution in [2.24, 2.45) is 0 Å². The van der Waals surface area contributed by atoms with Crippen molar-refractivity contribution in [2.75, 3.05) is 0 Å². The third kappa shape index (κ3) is 3.24. The molecule has 0 amide bonds. The van der Waals surface area contributed by atoms with Gasteiger partial charge in [0, 0.05) is 17.0 Å². The zero-order chi connectivity index (χ0) is 13.8. The van der Waals surface area contributed by atoms with E-state index in [9.17, 15) is 9.18 Å². The normalized spacial score (nSPS) is 10.4. The van der Waals surface area contributed by atoms with E-state index < -0.39 is 11.8 Å². The van der Waals surface area contributed by atoms with E-state index in [1.165, 1.54) is 6.20 Å². The Balaban J connectivity index is 2.19. The second-order valence-corrected chi connectivity index (χ2v) is 5.03. The van der Waals surface area contributed by atoms with Gasteiger partial charge < -0.3 is 5.11 Å². The minimum absolute atomic E-state index is 0.0554. The zero-order valence-electron chi connectivity index (χ0n) is 9.64. The van der Waals surface area contributed by atoms with Crippen LogP contribution in [-0.4, -0.2) is 16.1 Å². The number of aromatic nitrogens is 1. The molecular weight excluding hydrogens is 289 g/mol. The SMILES string of the molecule is O=C(O)c1ccnc(SCc2ccccc2Cl)c1F. The number of pyridine rings is 1. The standard InChI is InChI=1S/C13H9ClFNO2S/c14-10-4-2-1-3-8(10)7-19-12-11(15)9(13(17)18)5-6-16-12/h1-6H,7H2,(H,17,18). The molecule has 1 aromatic heterocycles. The molecule has 0 aliphatic carbocycles. The minimum atomic E-state index is -1.31. The molecule has 0 radical (unpaired) electrons. The Labute approximate surface area is 118 Å². The number of rotatable bonds is 4. The van der Waals surface area contributed by atoms with Gasteiger partial charge in [0.05, 0.1) is 5.56 Å². The van der Waals surface area contributed by atoms with Crippen molar-refractivity contribution in [3.8, 4) is 0 Å². The molecule has 0 saturated carbocycles. The summed E-state index contributed by atoms with van der Waals surface area (Å²) < 4.78 is 13.8. The molecular formula is C13H9ClFNO2S. The number of hydrogen-bond donors (Lipinski definition) is 1. The van der Waals surface area contributed by atoms with E-state index in [2.05, 4.69) is 4.98 Å². The summed E-state index contributed by atoms with van der Waals surface area (Å²) in [6.45, 7) is 0. The van der Waals surface area contributed by atoms with Crippen molar-refractivity contribution in [1.82, 2.24) is 4.98 Å². The quantitative estimate of drug-likeness (QED) is 0.871. The highest BCUT2D eigenvalue weighted by atomic mass is 35.5. The van der Waals surface area contributed by atoms with Crippen molar-refractivity contribution >= 4 is 29.3 Å². The highest BCUT2D eigenvalue weighted by Gasteiger charge is 2.15. The molecule has 3 nitrogen and oxygen atoms in total. The maximum atomic E-state index is 13.8. The van der Waals surface area contributed by atoms with E-state index in [4.69, 9.17) is 16.7 Å². The molecule has 1 N–H and O–H groups in total. The number of nitrogens with zero attached hydrogens (tertiary/aromatic N) is 1. The molecule has 0 bridgehead atoms. The van der Waals surface area contributed by atoms with Gasteiger partial charge >= 0.3 is 5.97 Å². The third-order valence-electron chi connectivity index (χ3n) is 2.41. The maximum Gasteiger partial charge on any atom is 0.338 e. The minimum Gasteiger partial charge on any atom is -0.478 e. The van der Waals surface area contributed by atoms with Crippen LogP contribution < -0.4 is 0 Å². The molecule has 0 aliphatic rings. The molecule has 6 heteroatoms. The van der Waals surface area contributed by atoms with Gasteiger partial charge in [0.1, 0.15) is 5.03 Å². The first-order chi connectivity index (χ1) is 9.09. The van der Waals surface area contributed by atoms with Crippen LogP contribution in [0.4, 0.5) is 4.39 Å². The van der Waals surface area contributed by atoms with Crippen molar-refractivity contribution < 1.29 is 14.3 Å². The van der Waals surface area contributed by atoms with Gasteiger partial charge in [0.25, 0.3) is 0 Å². The highest BCUT2D eigenvalue weighted by molar-refractivity contribution is 7.98. The summed E-state index contributed by atoms with van der Waals surface area (Å²) in [6, 6.07) is 8.35. The fourth-order valence-corrected chi connectivity index (χ4v) is 2.65. The Hall–Kier alpha value is -1.59. The lowest BCUT2D eigenvalue weighted by Gasteiger charge is -2.05. The van der Waals surface area contributed by atoms with Crippen LogP contribution in [0.2, 0.25) is 5.02 Å². The predicted molar refractivity (Wildman–Crippen MR) is 72.2 cm³/mol. The van der Waals surface area contributed by atoms with Crippen molar-refractivity contribution in [3.05, 3.63) is 58.5 Å². The fraction of sp³-hybridized carbons (Fsp3) is 0.0769. The second-order valence-electron chi connectivity index (χ2n) is 3.66. The molecule has 2 aromatic rings. The van der Waals surface area contributed by atoms with Crippen LogP contribution in [0.3, 0.4) is 0 Å². The first-order valence-corrected chi connectivity index (χ1v) is 6.70. The summed E-state index contributed by atoms with van der Waals surface area (Å²) in [5.41, 5.74) is 0.466. The smallest absolute Gasteiger partial charge is 0.338 e. The lowest BCUT2D eigenvalue weighted by molar-refractivity contribution is 0.0691. The van der Waals surface area contributed by atoms with E-state index >= 15 is 0 Å². The molecule has 0 saturated heterocycles. The van der Waals surface area contributed by atoms with Gasteiger partial charge in [-0.1, -0.05) is 41.6 Å². The Morgan fingerprint density at radius 1 is 1.37 bits per heavy atom. The monoisotopic (exact) mass is 297 g/mol. The van der Waals surface area contributed by atoms with Gasteiger partial charge in [-0.3, -0.25) is 0 Å². The highest BCUT2D eigenvalue weighted by Crippen LogP contribution is 2.27. The summed E-state index contributed by atoms with van der Waals surface area (Å²) in [5, 5.41) is 9.46. The number of carboxylic acid groups (broad SMARTS) is 1. The number of benzene rings is 1. The molecule has 0 unspecified atom stereocenters. The summed E-state index contributed by atoms with van der Waals surface area (Å²) in [5.74, 6) is -1.70. The largest absolute Gasteiger partial charge is 0.478 e. The summed E-state index contributed by atoms with van der Waals surface area (Å²) in [6.07, 6.45) is 1.28. The number of halogens is 2. The molecule has 0 spiro atoms. The lowest BCUT2D eigenvalue weighted by Crippen LogP contribution is -2.02. The Morgan fingerprint density at radius 2 is 2.11 bits per heavy atom. The van der Waals surface area contributed by atoms with Gasteiger partial charge in [-0.25, -0.2) is 14.2 Å². The number of carbonyl (C=O) groups is 1. The van der Waals surface area contributed by atoms with Crippen LogP contribution in [0.1, 0.15) is 15.9 Å². The van der Waals surface area contributed by atoms with Crippen LogP contribution in [0, 0.1) is 5.82 Å². The average molecular weight is 298 g/mol. The molecule has 0 fully saturated rings. The molecule has 1 aromatic carbocycles. The number of hydrogen-bond acceptors (Lipinski definition) is 3. The first-order valence-electron chi connectivity index (χ1n) is 5.33. The van der Waals surface area contributed by atoms with E-state index in [0.29, 0.717) is 10.8 Å². The van der Waals surface area contributed by atoms with Gasteiger partial charge in [-0.05, 0) is 17.7 Å². The summed E-state index contributed by atoms with van der Waals surface area (Å²) in [4.78, 5) is 14.7. The second kappa shape index (κ2) is 6.04. The molecule has 0 aliphatic heterocycles. The zero-order valence-corrected chi connectivity index (χ0v) is 11.2. The lowest BCUT2D eigenvalue weighted by atomic mass is 10.2. The summed E-state index contributed by atoms with van der Waals surface area (Å²) in [7, 11) is 0. The molecule has 98 valence electrons. The molecule has 0 atom stereocenters. The number of carboxylic acids is 1. The fourth-order valence-electron chi connectivity index (χ4n) is 1.45. The Morgan fingerprint density at radius 3 is 2.79 bits per heavy atom. The van der Waals surface area contributed by atoms with Gasteiger partial charge in [0.2, 0.25) is 0 Å². The first kappa shape index (κ1) is 13.8. The van der Waals surface area contributed by atoms with Crippen LogP contribution in [-0.2, 0) is 5.75 Å². The van der Waals surface area contributed by atoms with E-state index in [-0.39, 0.29) is 10.6 Å². The van der Waals surface area contributed by atoms with E-state index in [1.807, 2.05) is 12.1 Å². The van der Waals surface area contributed by atoms with Crippen molar-refractivity contribution in [2.45, 2.75) is 10.8 Å². The number of thioether (sulfide) groups is 1. The van der Waals surface area contributed by atoms with Gasteiger partial charge in [-0.2, -0.15) is 0 Å². The van der Waals surface area contributed by atoms with Crippen LogP contribution >= 0.6 is 23.4 Å². The maximum absolute atomic E-state index is 13.8. The Kier molecular flexibility index (Phi) is 4.39. The average Bonchev–Trinajstić information content (AvgIpc) is 2.39. The topological polar surface area (TPSA) is 50.2 Å². The van der Waals surface area contributed by atoms with Crippen molar-refractivity contribution in [3.63, 3.8) is 0 Å². The van der Waals surface area contributed by atoms with Gasteiger partial charge in [0.15, 0.2) is 5.82 Å². The van der Waals surface area contributed by atoms with Crippen molar-refractivity contribution in [1.29, 1.82) is 0 Å². The number of aromatic carboxylic acids is 1. The van der Waals surface area contributed by atoms with Gasteiger partial charge in [-0.15, -0.1) is 0 Å². The Bertz CT molecular complexity index is 621. The predicted octanol–water partition coefficient (Wildman–Crippen LogP) is 3.86. The van der Waals surface area contributed by atoms with E-state index in [0.717, 1.165) is 23.4 Å². The molecule has 2 rings (SSSR count). The summed E-state index contributed by atoms with van der Waals surface area (Å²) >= 11 is 7.10. The molecule has 1 heterocycles. The van der Waals surface area contributed by atoms with E-state index in [1.54, 1.807) is 12.1 Å².